The van der Waals surface area contributed by atoms with E-state index < -0.39 is 31.3 Å². The second-order valence-corrected chi connectivity index (χ2v) is 11.7. The summed E-state index contributed by atoms with van der Waals surface area (Å²) in [6.45, 7) is 14.2. The van der Waals surface area contributed by atoms with Crippen LogP contribution in [0.2, 0.25) is 0 Å². The number of ether oxygens (including phenoxy) is 1. The Morgan fingerprint density at radius 3 is 1.77 bits per heavy atom. The van der Waals surface area contributed by atoms with E-state index in [1.165, 1.54) is 0 Å². The molecular formula is C15H30F3NO5S2. The van der Waals surface area contributed by atoms with E-state index >= 15 is 0 Å². The van der Waals surface area contributed by atoms with Crippen LogP contribution >= 0.6 is 0 Å². The van der Waals surface area contributed by atoms with E-state index in [2.05, 4.69) is 41.5 Å². The molecule has 0 saturated carbocycles. The molecular weight excluding hydrogens is 395 g/mol. The van der Waals surface area contributed by atoms with Gasteiger partial charge in [0.05, 0.1) is 11.9 Å². The van der Waals surface area contributed by atoms with E-state index in [9.17, 15) is 30.0 Å². The third-order valence-electron chi connectivity index (χ3n) is 5.13. The highest BCUT2D eigenvalue weighted by Gasteiger charge is 2.48. The van der Waals surface area contributed by atoms with Crippen molar-refractivity contribution >= 4 is 20.0 Å². The van der Waals surface area contributed by atoms with Crippen molar-refractivity contribution in [2.45, 2.75) is 66.5 Å². The lowest BCUT2D eigenvalue weighted by Crippen LogP contribution is -2.47. The zero-order chi connectivity index (χ0) is 21.2. The van der Waals surface area contributed by atoms with Crippen molar-refractivity contribution in [3.8, 4) is 0 Å². The molecule has 0 rings (SSSR count). The van der Waals surface area contributed by atoms with Gasteiger partial charge in [0.15, 0.2) is 0 Å². The molecule has 26 heavy (non-hydrogen) atoms. The van der Waals surface area contributed by atoms with Crippen LogP contribution in [0.4, 0.5) is 13.2 Å². The summed E-state index contributed by atoms with van der Waals surface area (Å²) in [4.78, 5) is 0. The first-order chi connectivity index (χ1) is 11.3. The van der Waals surface area contributed by atoms with Crippen molar-refractivity contribution in [1.82, 2.24) is 4.13 Å². The first-order valence-corrected chi connectivity index (χ1v) is 11.4. The molecule has 0 fully saturated rings. The van der Waals surface area contributed by atoms with Crippen LogP contribution in [0.3, 0.4) is 0 Å². The fraction of sp³-hybridized carbons (Fsp3) is 1.00. The predicted molar refractivity (Wildman–Crippen MR) is 94.3 cm³/mol. The van der Waals surface area contributed by atoms with E-state index in [-0.39, 0.29) is 35.9 Å². The second-order valence-electron chi connectivity index (χ2n) is 7.91. The Labute approximate surface area is 155 Å². The molecule has 0 aromatic rings. The van der Waals surface area contributed by atoms with Crippen LogP contribution in [-0.2, 0) is 24.8 Å². The standard InChI is InChI=1S/C15H30F3NO5S2/c1-11(2)14(7,13(4,5)6)12(3)24-9-8-10-25(20,21)19-26(22,23)15(16,17)18/h11-12,19H,8-10H2,1-7H3. The second kappa shape index (κ2) is 8.32. The highest BCUT2D eigenvalue weighted by molar-refractivity contribution is 8.05. The Morgan fingerprint density at radius 1 is 0.962 bits per heavy atom. The molecule has 2 unspecified atom stereocenters. The van der Waals surface area contributed by atoms with Gasteiger partial charge in [0.1, 0.15) is 0 Å². The van der Waals surface area contributed by atoms with Gasteiger partial charge in [-0.25, -0.2) is 16.8 Å². The summed E-state index contributed by atoms with van der Waals surface area (Å²) in [6, 6.07) is 0. The van der Waals surface area contributed by atoms with E-state index in [1.54, 1.807) is 0 Å². The normalized spacial score (nSPS) is 18.0. The van der Waals surface area contributed by atoms with Gasteiger partial charge in [-0.3, -0.25) is 0 Å². The van der Waals surface area contributed by atoms with E-state index in [0.29, 0.717) is 4.13 Å². The number of nitrogens with one attached hydrogen (secondary N) is 1. The summed E-state index contributed by atoms with van der Waals surface area (Å²) in [5, 5.41) is 0. The van der Waals surface area contributed by atoms with Crippen LogP contribution in [0, 0.1) is 16.7 Å². The van der Waals surface area contributed by atoms with Gasteiger partial charge in [-0.2, -0.15) is 13.2 Å². The van der Waals surface area contributed by atoms with Gasteiger partial charge in [0.2, 0.25) is 10.0 Å². The Hall–Kier alpha value is -0.390. The molecule has 11 heteroatoms. The number of sulfonamides is 2. The third kappa shape index (κ3) is 6.35. The van der Waals surface area contributed by atoms with Gasteiger partial charge in [0, 0.05) is 12.0 Å². The summed E-state index contributed by atoms with van der Waals surface area (Å²) in [6.07, 6.45) is -0.372. The smallest absolute Gasteiger partial charge is 0.378 e. The lowest BCUT2D eigenvalue weighted by molar-refractivity contribution is -0.102. The number of halogens is 3. The maximum Gasteiger partial charge on any atom is 0.512 e. The minimum Gasteiger partial charge on any atom is -0.378 e. The summed E-state index contributed by atoms with van der Waals surface area (Å²) < 4.78 is 88.0. The van der Waals surface area contributed by atoms with E-state index in [4.69, 9.17) is 4.74 Å². The Morgan fingerprint density at radius 2 is 1.42 bits per heavy atom. The van der Waals surface area contributed by atoms with Crippen LogP contribution in [0.25, 0.3) is 0 Å². The van der Waals surface area contributed by atoms with Crippen molar-refractivity contribution in [2.75, 3.05) is 12.4 Å². The van der Waals surface area contributed by atoms with Crippen LogP contribution in [0.15, 0.2) is 0 Å². The highest BCUT2D eigenvalue weighted by Crippen LogP contribution is 2.48. The Balaban J connectivity index is 4.81. The van der Waals surface area contributed by atoms with Gasteiger partial charge in [-0.1, -0.05) is 41.5 Å². The molecule has 0 aromatic heterocycles. The third-order valence-corrected chi connectivity index (χ3v) is 8.46. The number of alkyl halides is 3. The molecule has 0 amide bonds. The van der Waals surface area contributed by atoms with Crippen molar-refractivity contribution < 1.29 is 34.7 Å². The van der Waals surface area contributed by atoms with Gasteiger partial charge in [-0.05, 0) is 24.7 Å². The van der Waals surface area contributed by atoms with Crippen molar-refractivity contribution in [3.05, 3.63) is 0 Å². The first kappa shape index (κ1) is 25.6. The van der Waals surface area contributed by atoms with Crippen LogP contribution in [0.5, 0.6) is 0 Å². The molecule has 0 aliphatic heterocycles. The Kier molecular flexibility index (Phi) is 8.19. The molecule has 0 bridgehead atoms. The quantitative estimate of drug-likeness (QED) is 0.573. The van der Waals surface area contributed by atoms with Gasteiger partial charge in [0.25, 0.3) is 0 Å². The first-order valence-electron chi connectivity index (χ1n) is 8.22. The molecule has 0 spiro atoms. The molecule has 0 aliphatic carbocycles. The maximum atomic E-state index is 12.2. The van der Waals surface area contributed by atoms with Crippen LogP contribution in [-0.4, -0.2) is 40.8 Å². The van der Waals surface area contributed by atoms with E-state index in [0.717, 1.165) is 0 Å². The molecule has 0 aromatic carbocycles. The summed E-state index contributed by atoms with van der Waals surface area (Å²) in [7, 11) is -10.6. The number of rotatable bonds is 9. The molecule has 158 valence electrons. The van der Waals surface area contributed by atoms with Crippen molar-refractivity contribution in [3.63, 3.8) is 0 Å². The minimum atomic E-state index is -5.94. The predicted octanol–water partition coefficient (Wildman–Crippen LogP) is 3.26. The lowest BCUT2D eigenvalue weighted by Gasteiger charge is -2.49. The average Bonchev–Trinajstić information content (AvgIpc) is 2.38. The average molecular weight is 426 g/mol. The minimum absolute atomic E-state index is 0.0213. The molecule has 1 N–H and O–H groups in total. The van der Waals surface area contributed by atoms with Crippen LogP contribution in [0.1, 0.15) is 54.9 Å². The van der Waals surface area contributed by atoms with Crippen molar-refractivity contribution in [2.24, 2.45) is 16.7 Å². The molecule has 0 saturated heterocycles. The molecule has 0 aliphatic rings. The molecule has 2 atom stereocenters. The zero-order valence-electron chi connectivity index (χ0n) is 16.3. The zero-order valence-corrected chi connectivity index (χ0v) is 17.9. The van der Waals surface area contributed by atoms with E-state index in [1.807, 2.05) is 6.92 Å². The lowest BCUT2D eigenvalue weighted by atomic mass is 9.59. The van der Waals surface area contributed by atoms with Gasteiger partial charge < -0.3 is 4.74 Å². The number of hydrogen-bond acceptors (Lipinski definition) is 5. The topological polar surface area (TPSA) is 89.5 Å². The fourth-order valence-corrected chi connectivity index (χ4v) is 5.43. The summed E-state index contributed by atoms with van der Waals surface area (Å²) in [5.74, 6) is -0.525. The van der Waals surface area contributed by atoms with Gasteiger partial charge >= 0.3 is 15.5 Å². The molecule has 6 nitrogen and oxygen atoms in total. The maximum absolute atomic E-state index is 12.2. The highest BCUT2D eigenvalue weighted by atomic mass is 32.3. The van der Waals surface area contributed by atoms with Crippen LogP contribution < -0.4 is 4.13 Å². The summed E-state index contributed by atoms with van der Waals surface area (Å²) >= 11 is 0. The largest absolute Gasteiger partial charge is 0.512 e. The molecule has 0 radical (unpaired) electrons. The Bertz CT molecular complexity index is 666. The van der Waals surface area contributed by atoms with Gasteiger partial charge in [-0.15, -0.1) is 4.13 Å². The monoisotopic (exact) mass is 425 g/mol. The summed E-state index contributed by atoms with van der Waals surface area (Å²) in [5.41, 5.74) is -6.02. The van der Waals surface area contributed by atoms with Crippen molar-refractivity contribution in [1.29, 1.82) is 0 Å². The molecule has 0 heterocycles. The number of hydrogen-bond donors (Lipinski definition) is 1. The fourth-order valence-electron chi connectivity index (χ4n) is 2.88. The SMILES string of the molecule is CC(C)C(C)(C(C)OCCCS(=O)(=O)NS(=O)(=O)C(F)(F)F)C(C)(C)C.